The maximum absolute atomic E-state index is 14.3. The fourth-order valence-corrected chi connectivity index (χ4v) is 5.26. The van der Waals surface area contributed by atoms with Gasteiger partial charge in [-0.25, -0.2) is 13.6 Å². The first kappa shape index (κ1) is 29.0. The number of hydrogen-bond acceptors (Lipinski definition) is 7. The third-order valence-electron chi connectivity index (χ3n) is 7.33. The number of carbonyl (C=O) groups excluding carboxylic acids is 1. The van der Waals surface area contributed by atoms with Gasteiger partial charge in [-0.2, -0.15) is 0 Å². The molecule has 0 unspecified atom stereocenters. The summed E-state index contributed by atoms with van der Waals surface area (Å²) in [5, 5.41) is 24.2. The lowest BCUT2D eigenvalue weighted by Gasteiger charge is -2.36. The van der Waals surface area contributed by atoms with E-state index in [0.717, 1.165) is 30.3 Å². The lowest BCUT2D eigenvalue weighted by atomic mass is 9.96. The average Bonchev–Trinajstić information content (AvgIpc) is 3.37. The van der Waals surface area contributed by atoms with Crippen LogP contribution in [0.5, 0.6) is 0 Å². The van der Waals surface area contributed by atoms with Crippen molar-refractivity contribution in [2.75, 3.05) is 51.3 Å². The second-order valence-electron chi connectivity index (χ2n) is 9.82. The highest BCUT2D eigenvalue weighted by molar-refractivity contribution is 6.12. The molecule has 3 aliphatic rings. The number of alkyl halides is 2. The SMILES string of the molecule is CNC(=O)N1CCC(NC2CCOCC2)=C(C(=N)N2CCc3cc(C(C=NCC(=O)O)=CN)c(C(F)F)cc32)C1. The van der Waals surface area contributed by atoms with Crippen molar-refractivity contribution in [2.24, 2.45) is 10.7 Å². The van der Waals surface area contributed by atoms with E-state index in [-0.39, 0.29) is 41.2 Å². The normalized spacial score (nSPS) is 18.4. The highest BCUT2D eigenvalue weighted by Crippen LogP contribution is 2.38. The monoisotopic (exact) mass is 559 g/mol. The van der Waals surface area contributed by atoms with Crippen LogP contribution in [-0.4, -0.2) is 86.5 Å². The molecule has 0 saturated carbocycles. The zero-order valence-electron chi connectivity index (χ0n) is 22.4. The Balaban J connectivity index is 1.68. The quantitative estimate of drug-likeness (QED) is 0.242. The second-order valence-corrected chi connectivity index (χ2v) is 9.82. The smallest absolute Gasteiger partial charge is 0.325 e. The number of rotatable bonds is 8. The van der Waals surface area contributed by atoms with Crippen molar-refractivity contribution >= 4 is 35.3 Å². The van der Waals surface area contributed by atoms with Crippen LogP contribution >= 0.6 is 0 Å². The number of benzene rings is 1. The Morgan fingerprint density at radius 1 is 1.27 bits per heavy atom. The molecule has 6 N–H and O–H groups in total. The molecule has 1 aromatic carbocycles. The van der Waals surface area contributed by atoms with E-state index < -0.39 is 18.9 Å². The molecule has 4 rings (SSSR count). The molecular weight excluding hydrogens is 524 g/mol. The molecule has 1 fully saturated rings. The van der Waals surface area contributed by atoms with E-state index in [9.17, 15) is 23.8 Å². The zero-order chi connectivity index (χ0) is 28.8. The van der Waals surface area contributed by atoms with Crippen LogP contribution in [0.2, 0.25) is 0 Å². The Morgan fingerprint density at radius 3 is 2.67 bits per heavy atom. The van der Waals surface area contributed by atoms with E-state index >= 15 is 0 Å². The van der Waals surface area contributed by atoms with E-state index in [1.165, 1.54) is 12.3 Å². The van der Waals surface area contributed by atoms with Crippen molar-refractivity contribution < 1.29 is 28.2 Å². The van der Waals surface area contributed by atoms with Gasteiger partial charge in [-0.3, -0.25) is 15.2 Å². The minimum atomic E-state index is -2.84. The molecule has 40 heavy (non-hydrogen) atoms. The number of allylic oxidation sites excluding steroid dienone is 1. The number of nitrogens with one attached hydrogen (secondary N) is 3. The largest absolute Gasteiger partial charge is 0.480 e. The summed E-state index contributed by atoms with van der Waals surface area (Å²) < 4.78 is 34.0. The maximum Gasteiger partial charge on any atom is 0.325 e. The molecule has 0 bridgehead atoms. The van der Waals surface area contributed by atoms with Crippen LogP contribution in [0, 0.1) is 5.41 Å². The number of carboxylic acids is 1. The zero-order valence-corrected chi connectivity index (χ0v) is 22.4. The van der Waals surface area contributed by atoms with Gasteiger partial charge in [0.2, 0.25) is 0 Å². The standard InChI is InChI=1S/C27H35F2N7O4/c1-32-27(39)35-6-3-22(34-18-4-8-40-9-5-18)21(15-35)26(31)36-7-2-16-10-19(20(25(28)29)11-23(16)36)17(12-30)13-33-14-24(37)38/h10-13,18,25,31,34H,2-9,14-15,30H2,1H3,(H,32,39)(H,37,38). The topological polar surface area (TPSA) is 156 Å². The summed E-state index contributed by atoms with van der Waals surface area (Å²) in [6, 6.07) is 2.94. The summed E-state index contributed by atoms with van der Waals surface area (Å²) in [5.41, 5.74) is 8.57. The number of anilines is 1. The Morgan fingerprint density at radius 2 is 2.02 bits per heavy atom. The summed E-state index contributed by atoms with van der Waals surface area (Å²) in [5.74, 6) is -0.991. The number of aliphatic imine (C=N–C) groups is 1. The number of amidine groups is 1. The van der Waals surface area contributed by atoms with Gasteiger partial charge in [0.25, 0.3) is 6.43 Å². The Labute approximate surface area is 231 Å². The van der Waals surface area contributed by atoms with Gasteiger partial charge in [0.15, 0.2) is 0 Å². The summed E-state index contributed by atoms with van der Waals surface area (Å²) in [7, 11) is 1.56. The van der Waals surface area contributed by atoms with Crippen molar-refractivity contribution in [3.63, 3.8) is 0 Å². The van der Waals surface area contributed by atoms with E-state index in [0.29, 0.717) is 50.4 Å². The van der Waals surface area contributed by atoms with Crippen LogP contribution in [0.4, 0.5) is 19.3 Å². The summed E-state index contributed by atoms with van der Waals surface area (Å²) >= 11 is 0. The first-order valence-electron chi connectivity index (χ1n) is 13.2. The van der Waals surface area contributed by atoms with Crippen LogP contribution in [0.3, 0.4) is 0 Å². The van der Waals surface area contributed by atoms with E-state index in [4.69, 9.17) is 15.6 Å². The van der Waals surface area contributed by atoms with Gasteiger partial charge in [0.05, 0.1) is 6.54 Å². The summed E-state index contributed by atoms with van der Waals surface area (Å²) in [4.78, 5) is 30.4. The van der Waals surface area contributed by atoms with Crippen LogP contribution in [-0.2, 0) is 16.0 Å². The van der Waals surface area contributed by atoms with Crippen molar-refractivity contribution in [3.05, 3.63) is 46.3 Å². The molecule has 0 aromatic heterocycles. The summed E-state index contributed by atoms with van der Waals surface area (Å²) in [6.07, 6.45) is 2.19. The molecule has 2 amide bonds. The molecule has 3 aliphatic heterocycles. The number of ether oxygens (including phenoxy) is 1. The van der Waals surface area contributed by atoms with Crippen molar-refractivity contribution in [2.45, 2.75) is 38.2 Å². The maximum atomic E-state index is 14.3. The molecule has 1 aromatic rings. The van der Waals surface area contributed by atoms with E-state index in [2.05, 4.69) is 15.6 Å². The fourth-order valence-electron chi connectivity index (χ4n) is 5.26. The predicted octanol–water partition coefficient (Wildman–Crippen LogP) is 2.49. The lowest BCUT2D eigenvalue weighted by molar-refractivity contribution is -0.135. The number of nitrogens with zero attached hydrogens (tertiary/aromatic N) is 3. The molecule has 11 nitrogen and oxygen atoms in total. The molecule has 216 valence electrons. The third kappa shape index (κ3) is 6.41. The Kier molecular flexibility index (Phi) is 9.35. The van der Waals surface area contributed by atoms with Gasteiger partial charge >= 0.3 is 12.0 Å². The number of aliphatic carboxylic acids is 1. The minimum absolute atomic E-state index is 0.160. The summed E-state index contributed by atoms with van der Waals surface area (Å²) in [6.45, 7) is 1.92. The minimum Gasteiger partial charge on any atom is -0.480 e. The van der Waals surface area contributed by atoms with Crippen LogP contribution in [0.15, 0.2) is 34.6 Å². The number of halogens is 2. The molecule has 0 radical (unpaired) electrons. The van der Waals surface area contributed by atoms with Gasteiger partial charge in [0.1, 0.15) is 12.4 Å². The number of carboxylic acid groups (broad SMARTS) is 1. The second kappa shape index (κ2) is 12.9. The molecule has 3 heterocycles. The highest BCUT2D eigenvalue weighted by Gasteiger charge is 2.33. The van der Waals surface area contributed by atoms with Gasteiger partial charge in [-0.1, -0.05) is 0 Å². The number of hydrogen-bond donors (Lipinski definition) is 5. The Bertz CT molecular complexity index is 1240. The first-order chi connectivity index (χ1) is 19.2. The predicted molar refractivity (Wildman–Crippen MR) is 148 cm³/mol. The first-order valence-corrected chi connectivity index (χ1v) is 13.2. The number of carbonyl (C=O) groups is 2. The number of fused-ring (bicyclic) bond motifs is 1. The number of amides is 2. The van der Waals surface area contributed by atoms with Gasteiger partial charge < -0.3 is 36.0 Å². The van der Waals surface area contributed by atoms with Crippen molar-refractivity contribution in [3.8, 4) is 0 Å². The van der Waals surface area contributed by atoms with Gasteiger partial charge in [-0.05, 0) is 42.5 Å². The fraction of sp³-hybridized carbons (Fsp3) is 0.481. The molecule has 1 saturated heterocycles. The molecule has 0 aliphatic carbocycles. The number of nitrogens with two attached hydrogens (primary N) is 1. The van der Waals surface area contributed by atoms with Crippen LogP contribution < -0.4 is 21.3 Å². The molecular formula is C27H35F2N7O4. The molecule has 0 spiro atoms. The van der Waals surface area contributed by atoms with E-state index in [1.807, 2.05) is 0 Å². The van der Waals surface area contributed by atoms with Gasteiger partial charge in [0, 0.05) is 86.3 Å². The Hall–Kier alpha value is -4.00. The van der Waals surface area contributed by atoms with Crippen LogP contribution in [0.25, 0.3) is 5.57 Å². The molecule has 13 heteroatoms. The average molecular weight is 560 g/mol. The van der Waals surface area contributed by atoms with Gasteiger partial charge in [-0.15, -0.1) is 0 Å². The van der Waals surface area contributed by atoms with Crippen LogP contribution in [0.1, 0.15) is 42.4 Å². The lowest BCUT2D eigenvalue weighted by Crippen LogP contribution is -2.48. The molecule has 0 atom stereocenters. The number of urea groups is 1. The van der Waals surface area contributed by atoms with Crippen molar-refractivity contribution in [1.29, 1.82) is 5.41 Å². The van der Waals surface area contributed by atoms with E-state index in [1.54, 1.807) is 22.9 Å². The third-order valence-corrected chi connectivity index (χ3v) is 7.33. The highest BCUT2D eigenvalue weighted by atomic mass is 19.3. The van der Waals surface area contributed by atoms with Crippen molar-refractivity contribution in [1.82, 2.24) is 15.5 Å².